The number of allylic oxidation sites excluding steroid dienone is 2. The molecule has 1 atom stereocenters. The summed E-state index contributed by atoms with van der Waals surface area (Å²) in [5, 5.41) is 9.11. The molecule has 0 fully saturated rings. The summed E-state index contributed by atoms with van der Waals surface area (Å²) >= 11 is 0. The highest BCUT2D eigenvalue weighted by molar-refractivity contribution is 4.87. The average molecular weight is 350 g/mol. The lowest BCUT2D eigenvalue weighted by molar-refractivity contribution is 0.513. The minimum atomic E-state index is 0.279. The van der Waals surface area contributed by atoms with Crippen molar-refractivity contribution in [2.45, 2.75) is 130 Å². The van der Waals surface area contributed by atoms with E-state index in [0.717, 1.165) is 19.3 Å². The SMILES string of the molecule is CCCCCC.CCCCCC/C=C/CCC(C#N)CCCCCC. The van der Waals surface area contributed by atoms with Crippen molar-refractivity contribution >= 4 is 0 Å². The maximum Gasteiger partial charge on any atom is 0.0655 e. The fourth-order valence-corrected chi connectivity index (χ4v) is 2.81. The molecular formula is C24H47N. The van der Waals surface area contributed by atoms with Gasteiger partial charge in [0.25, 0.3) is 0 Å². The van der Waals surface area contributed by atoms with E-state index in [1.54, 1.807) is 0 Å². The van der Waals surface area contributed by atoms with Gasteiger partial charge in [-0.1, -0.05) is 110 Å². The third-order valence-electron chi connectivity index (χ3n) is 4.62. The van der Waals surface area contributed by atoms with E-state index >= 15 is 0 Å². The number of hydrogen-bond acceptors (Lipinski definition) is 1. The van der Waals surface area contributed by atoms with Crippen LogP contribution in [0.2, 0.25) is 0 Å². The Kier molecular flexibility index (Phi) is 27.0. The summed E-state index contributed by atoms with van der Waals surface area (Å²) in [5.74, 6) is 0.279. The number of rotatable bonds is 16. The molecule has 0 aliphatic rings. The molecule has 0 aliphatic carbocycles. The van der Waals surface area contributed by atoms with Crippen LogP contribution in [0, 0.1) is 17.2 Å². The predicted octanol–water partition coefficient (Wildman–Crippen LogP) is 8.99. The van der Waals surface area contributed by atoms with Crippen LogP contribution < -0.4 is 0 Å². The van der Waals surface area contributed by atoms with Gasteiger partial charge in [-0.3, -0.25) is 0 Å². The Hall–Kier alpha value is -0.770. The second-order valence-electron chi connectivity index (χ2n) is 7.28. The van der Waals surface area contributed by atoms with Crippen molar-refractivity contribution in [3.63, 3.8) is 0 Å². The zero-order valence-electron chi connectivity index (χ0n) is 18.0. The Labute approximate surface area is 160 Å². The highest BCUT2D eigenvalue weighted by Crippen LogP contribution is 2.16. The molecule has 0 N–H and O–H groups in total. The quantitative estimate of drug-likeness (QED) is 0.201. The van der Waals surface area contributed by atoms with Gasteiger partial charge in [0.1, 0.15) is 0 Å². The molecule has 0 aliphatic heterocycles. The standard InChI is InChI=1S/C18H33N.C6H14/c1-3-5-7-9-10-11-12-14-16-18(17-19)15-13-8-6-4-2;1-3-5-6-4-2/h11-12,18H,3-10,13-16H2,1-2H3;3-6H2,1-2H3/b12-11+;. The van der Waals surface area contributed by atoms with Crippen molar-refractivity contribution in [2.75, 3.05) is 0 Å². The Bertz CT molecular complexity index is 283. The highest BCUT2D eigenvalue weighted by atomic mass is 14.3. The molecule has 0 saturated heterocycles. The zero-order chi connectivity index (χ0) is 19.0. The van der Waals surface area contributed by atoms with E-state index in [9.17, 15) is 0 Å². The van der Waals surface area contributed by atoms with Gasteiger partial charge in [-0.2, -0.15) is 5.26 Å². The minimum Gasteiger partial charge on any atom is -0.198 e. The van der Waals surface area contributed by atoms with Gasteiger partial charge in [0.05, 0.1) is 6.07 Å². The van der Waals surface area contributed by atoms with Crippen LogP contribution in [0.15, 0.2) is 12.2 Å². The number of nitrogens with zero attached hydrogens (tertiary/aromatic N) is 1. The summed E-state index contributed by atoms with van der Waals surface area (Å²) in [4.78, 5) is 0. The lowest BCUT2D eigenvalue weighted by Crippen LogP contribution is -1.96. The van der Waals surface area contributed by atoms with E-state index in [0.29, 0.717) is 0 Å². The van der Waals surface area contributed by atoms with E-state index in [1.165, 1.54) is 83.5 Å². The van der Waals surface area contributed by atoms with Gasteiger partial charge >= 0.3 is 0 Å². The first kappa shape index (κ1) is 26.5. The number of unbranched alkanes of at least 4 members (excludes halogenated alkanes) is 10. The fourth-order valence-electron chi connectivity index (χ4n) is 2.81. The second kappa shape index (κ2) is 25.5. The Morgan fingerprint density at radius 2 is 1.08 bits per heavy atom. The van der Waals surface area contributed by atoms with E-state index in [2.05, 4.69) is 45.9 Å². The Morgan fingerprint density at radius 1 is 0.600 bits per heavy atom. The van der Waals surface area contributed by atoms with Crippen LogP contribution in [-0.4, -0.2) is 0 Å². The van der Waals surface area contributed by atoms with Crippen LogP contribution in [0.25, 0.3) is 0 Å². The third-order valence-corrected chi connectivity index (χ3v) is 4.62. The maximum atomic E-state index is 9.11. The van der Waals surface area contributed by atoms with Crippen LogP contribution in [0.1, 0.15) is 130 Å². The number of nitriles is 1. The Morgan fingerprint density at radius 3 is 1.60 bits per heavy atom. The van der Waals surface area contributed by atoms with Crippen LogP contribution >= 0.6 is 0 Å². The van der Waals surface area contributed by atoms with Crippen LogP contribution in [0.3, 0.4) is 0 Å². The van der Waals surface area contributed by atoms with Crippen molar-refractivity contribution in [1.29, 1.82) is 5.26 Å². The topological polar surface area (TPSA) is 23.8 Å². The molecule has 0 bridgehead atoms. The molecule has 1 heteroatoms. The van der Waals surface area contributed by atoms with Crippen molar-refractivity contribution in [3.05, 3.63) is 12.2 Å². The molecule has 1 unspecified atom stereocenters. The molecule has 1 nitrogen and oxygen atoms in total. The molecule has 25 heavy (non-hydrogen) atoms. The van der Waals surface area contributed by atoms with Crippen molar-refractivity contribution in [1.82, 2.24) is 0 Å². The van der Waals surface area contributed by atoms with Gasteiger partial charge in [0, 0.05) is 5.92 Å². The van der Waals surface area contributed by atoms with Gasteiger partial charge in [-0.05, 0) is 32.1 Å². The summed E-state index contributed by atoms with van der Waals surface area (Å²) in [6.07, 6.45) is 25.0. The van der Waals surface area contributed by atoms with Crippen molar-refractivity contribution in [3.8, 4) is 6.07 Å². The molecule has 0 heterocycles. The maximum absolute atomic E-state index is 9.11. The molecule has 0 rings (SSSR count). The van der Waals surface area contributed by atoms with Crippen LogP contribution in [0.4, 0.5) is 0 Å². The molecular weight excluding hydrogens is 302 g/mol. The smallest absolute Gasteiger partial charge is 0.0655 e. The van der Waals surface area contributed by atoms with Crippen molar-refractivity contribution in [2.24, 2.45) is 5.92 Å². The first-order valence-corrected chi connectivity index (χ1v) is 11.3. The van der Waals surface area contributed by atoms with E-state index in [4.69, 9.17) is 5.26 Å². The number of hydrogen-bond donors (Lipinski definition) is 0. The largest absolute Gasteiger partial charge is 0.198 e. The van der Waals surface area contributed by atoms with Gasteiger partial charge in [0.15, 0.2) is 0 Å². The van der Waals surface area contributed by atoms with Crippen molar-refractivity contribution < 1.29 is 0 Å². The lowest BCUT2D eigenvalue weighted by Gasteiger charge is -2.06. The molecule has 0 saturated carbocycles. The highest BCUT2D eigenvalue weighted by Gasteiger charge is 2.05. The van der Waals surface area contributed by atoms with E-state index in [1.807, 2.05) is 0 Å². The molecule has 0 radical (unpaired) electrons. The molecule has 0 spiro atoms. The first-order valence-electron chi connectivity index (χ1n) is 11.3. The van der Waals surface area contributed by atoms with E-state index in [-0.39, 0.29) is 5.92 Å². The molecule has 0 aromatic rings. The van der Waals surface area contributed by atoms with Crippen LogP contribution in [-0.2, 0) is 0 Å². The first-order chi connectivity index (χ1) is 12.3. The fraction of sp³-hybridized carbons (Fsp3) is 0.875. The summed E-state index contributed by atoms with van der Waals surface area (Å²) in [5.41, 5.74) is 0. The minimum absolute atomic E-state index is 0.279. The van der Waals surface area contributed by atoms with Gasteiger partial charge in [-0.15, -0.1) is 0 Å². The van der Waals surface area contributed by atoms with Gasteiger partial charge in [0.2, 0.25) is 0 Å². The molecule has 0 aromatic heterocycles. The monoisotopic (exact) mass is 349 g/mol. The average Bonchev–Trinajstić information content (AvgIpc) is 2.64. The Balaban J connectivity index is 0. The molecule has 0 aromatic carbocycles. The summed E-state index contributed by atoms with van der Waals surface area (Å²) < 4.78 is 0. The second-order valence-corrected chi connectivity index (χ2v) is 7.28. The lowest BCUT2D eigenvalue weighted by atomic mass is 9.97. The van der Waals surface area contributed by atoms with Gasteiger partial charge in [-0.25, -0.2) is 0 Å². The third kappa shape index (κ3) is 25.6. The summed E-state index contributed by atoms with van der Waals surface area (Å²) in [6.45, 7) is 8.94. The zero-order valence-corrected chi connectivity index (χ0v) is 18.0. The molecule has 0 amide bonds. The van der Waals surface area contributed by atoms with E-state index < -0.39 is 0 Å². The molecule has 148 valence electrons. The summed E-state index contributed by atoms with van der Waals surface area (Å²) in [6, 6.07) is 2.46. The van der Waals surface area contributed by atoms with Crippen LogP contribution in [0.5, 0.6) is 0 Å². The summed E-state index contributed by atoms with van der Waals surface area (Å²) in [7, 11) is 0. The predicted molar refractivity (Wildman–Crippen MR) is 115 cm³/mol. The van der Waals surface area contributed by atoms with Gasteiger partial charge < -0.3 is 0 Å². The normalized spacial score (nSPS) is 11.8.